The molecule has 0 radical (unpaired) electrons. The van der Waals surface area contributed by atoms with Crippen LogP contribution in [-0.4, -0.2) is 36.6 Å². The van der Waals surface area contributed by atoms with Crippen molar-refractivity contribution in [2.75, 3.05) is 26.8 Å². The second kappa shape index (κ2) is 7.41. The fourth-order valence-electron chi connectivity index (χ4n) is 1.65. The lowest BCUT2D eigenvalue weighted by Crippen LogP contribution is -2.20. The van der Waals surface area contributed by atoms with Gasteiger partial charge in [-0.3, -0.25) is 4.68 Å². The van der Waals surface area contributed by atoms with Crippen molar-refractivity contribution < 1.29 is 4.74 Å². The van der Waals surface area contributed by atoms with E-state index in [0.717, 1.165) is 26.1 Å². The van der Waals surface area contributed by atoms with E-state index in [2.05, 4.69) is 17.3 Å². The van der Waals surface area contributed by atoms with Gasteiger partial charge in [0.15, 0.2) is 0 Å². The largest absolute Gasteiger partial charge is 0.383 e. The number of ether oxygens (including phenoxy) is 1. The molecule has 0 spiro atoms. The van der Waals surface area contributed by atoms with Crippen molar-refractivity contribution in [3.05, 3.63) is 17.5 Å². The zero-order valence-electron chi connectivity index (χ0n) is 10.6. The molecular weight excluding hydrogens is 202 g/mol. The fourth-order valence-corrected chi connectivity index (χ4v) is 1.65. The smallest absolute Gasteiger partial charge is 0.0587 e. The molecule has 0 amide bonds. The van der Waals surface area contributed by atoms with E-state index in [9.17, 15) is 0 Å². The molecule has 92 valence electrons. The molecule has 1 heterocycles. The van der Waals surface area contributed by atoms with Crippen molar-refractivity contribution in [1.82, 2.24) is 15.1 Å². The summed E-state index contributed by atoms with van der Waals surface area (Å²) in [7, 11) is 3.72. The first-order valence-electron chi connectivity index (χ1n) is 5.93. The molecule has 0 fully saturated rings. The number of rotatable bonds is 8. The highest BCUT2D eigenvalue weighted by molar-refractivity contribution is 5.15. The molecule has 1 rings (SSSR count). The summed E-state index contributed by atoms with van der Waals surface area (Å²) in [6.45, 7) is 4.94. The van der Waals surface area contributed by atoms with Crippen LogP contribution in [0.25, 0.3) is 0 Å². The van der Waals surface area contributed by atoms with Gasteiger partial charge in [-0.25, -0.2) is 0 Å². The molecule has 0 aliphatic rings. The van der Waals surface area contributed by atoms with Gasteiger partial charge in [-0.15, -0.1) is 0 Å². The monoisotopic (exact) mass is 225 g/mol. The van der Waals surface area contributed by atoms with Gasteiger partial charge >= 0.3 is 0 Å². The van der Waals surface area contributed by atoms with Crippen LogP contribution >= 0.6 is 0 Å². The minimum Gasteiger partial charge on any atom is -0.383 e. The maximum absolute atomic E-state index is 4.96. The summed E-state index contributed by atoms with van der Waals surface area (Å²) in [6.07, 6.45) is 5.53. The molecule has 4 nitrogen and oxygen atoms in total. The Labute approximate surface area is 98.0 Å². The molecule has 0 saturated heterocycles. The molecule has 0 aliphatic carbocycles. The van der Waals surface area contributed by atoms with Crippen LogP contribution in [0.5, 0.6) is 0 Å². The third kappa shape index (κ3) is 4.33. The van der Waals surface area contributed by atoms with Crippen LogP contribution in [0.4, 0.5) is 0 Å². The third-order valence-corrected chi connectivity index (χ3v) is 2.87. The van der Waals surface area contributed by atoms with Crippen LogP contribution < -0.4 is 5.32 Å². The molecule has 0 saturated carbocycles. The first-order valence-corrected chi connectivity index (χ1v) is 5.93. The van der Waals surface area contributed by atoms with E-state index in [1.807, 2.05) is 17.9 Å². The molecule has 4 heteroatoms. The summed E-state index contributed by atoms with van der Waals surface area (Å²) in [4.78, 5) is 0. The highest BCUT2D eigenvalue weighted by Crippen LogP contribution is 2.09. The molecule has 1 aromatic rings. The van der Waals surface area contributed by atoms with Crippen molar-refractivity contribution in [2.45, 2.75) is 26.2 Å². The van der Waals surface area contributed by atoms with Crippen molar-refractivity contribution in [1.29, 1.82) is 0 Å². The topological polar surface area (TPSA) is 39.1 Å². The number of hydrogen-bond acceptors (Lipinski definition) is 3. The van der Waals surface area contributed by atoms with Crippen molar-refractivity contribution in [3.63, 3.8) is 0 Å². The van der Waals surface area contributed by atoms with Gasteiger partial charge in [0.2, 0.25) is 0 Å². The SMILES string of the molecule is COCCNCCCCc1cnn(C)c1C. The van der Waals surface area contributed by atoms with Crippen LogP contribution in [-0.2, 0) is 18.2 Å². The first kappa shape index (κ1) is 13.2. The number of aryl methyl sites for hydroxylation is 2. The van der Waals surface area contributed by atoms with E-state index in [-0.39, 0.29) is 0 Å². The highest BCUT2D eigenvalue weighted by Gasteiger charge is 2.02. The Hall–Kier alpha value is -0.870. The number of nitrogens with zero attached hydrogens (tertiary/aromatic N) is 2. The lowest BCUT2D eigenvalue weighted by Gasteiger charge is -2.04. The number of aromatic nitrogens is 2. The van der Waals surface area contributed by atoms with Gasteiger partial charge in [0.1, 0.15) is 0 Å². The normalized spacial score (nSPS) is 10.9. The Morgan fingerprint density at radius 3 is 2.81 bits per heavy atom. The minimum absolute atomic E-state index is 0.793. The second-order valence-electron chi connectivity index (χ2n) is 4.08. The molecule has 0 aliphatic heterocycles. The van der Waals surface area contributed by atoms with Gasteiger partial charge in [0.25, 0.3) is 0 Å². The molecule has 0 atom stereocenters. The van der Waals surface area contributed by atoms with E-state index in [1.54, 1.807) is 7.11 Å². The van der Waals surface area contributed by atoms with Gasteiger partial charge in [-0.1, -0.05) is 0 Å². The average Bonchev–Trinajstić information content (AvgIpc) is 2.59. The van der Waals surface area contributed by atoms with E-state index in [1.165, 1.54) is 24.1 Å². The lowest BCUT2D eigenvalue weighted by molar-refractivity contribution is 0.199. The standard InChI is InChI=1S/C12H23N3O/c1-11-12(10-14-15(11)2)6-4-5-7-13-8-9-16-3/h10,13H,4-9H2,1-3H3. The van der Waals surface area contributed by atoms with E-state index in [0.29, 0.717) is 0 Å². The molecule has 1 N–H and O–H groups in total. The summed E-state index contributed by atoms with van der Waals surface area (Å²) in [5, 5.41) is 7.59. The van der Waals surface area contributed by atoms with E-state index < -0.39 is 0 Å². The van der Waals surface area contributed by atoms with Gasteiger partial charge < -0.3 is 10.1 Å². The Morgan fingerprint density at radius 2 is 2.19 bits per heavy atom. The zero-order chi connectivity index (χ0) is 11.8. The van der Waals surface area contributed by atoms with Gasteiger partial charge in [-0.05, 0) is 38.3 Å². The molecule has 16 heavy (non-hydrogen) atoms. The maximum atomic E-state index is 4.96. The molecule has 0 bridgehead atoms. The van der Waals surface area contributed by atoms with Gasteiger partial charge in [-0.2, -0.15) is 5.10 Å². The van der Waals surface area contributed by atoms with Crippen LogP contribution in [0.2, 0.25) is 0 Å². The van der Waals surface area contributed by atoms with Crippen molar-refractivity contribution in [2.24, 2.45) is 7.05 Å². The maximum Gasteiger partial charge on any atom is 0.0587 e. The predicted molar refractivity (Wildman–Crippen MR) is 65.6 cm³/mol. The summed E-state index contributed by atoms with van der Waals surface area (Å²) in [5.41, 5.74) is 2.66. The number of nitrogens with one attached hydrogen (secondary N) is 1. The Kier molecular flexibility index (Phi) is 6.11. The van der Waals surface area contributed by atoms with Crippen LogP contribution in [0.1, 0.15) is 24.1 Å². The number of methoxy groups -OCH3 is 1. The summed E-state index contributed by atoms with van der Waals surface area (Å²) < 4.78 is 6.90. The molecular formula is C12H23N3O. The molecule has 0 aromatic carbocycles. The fraction of sp³-hybridized carbons (Fsp3) is 0.750. The van der Waals surface area contributed by atoms with Gasteiger partial charge in [0, 0.05) is 26.4 Å². The highest BCUT2D eigenvalue weighted by atomic mass is 16.5. The average molecular weight is 225 g/mol. The molecule has 0 unspecified atom stereocenters. The van der Waals surface area contributed by atoms with E-state index in [4.69, 9.17) is 4.74 Å². The van der Waals surface area contributed by atoms with Crippen molar-refractivity contribution >= 4 is 0 Å². The Morgan fingerprint density at radius 1 is 1.38 bits per heavy atom. The summed E-state index contributed by atoms with van der Waals surface area (Å²) in [6, 6.07) is 0. The summed E-state index contributed by atoms with van der Waals surface area (Å²) >= 11 is 0. The Bertz CT molecular complexity index is 296. The van der Waals surface area contributed by atoms with Crippen molar-refractivity contribution in [3.8, 4) is 0 Å². The number of unbranched alkanes of at least 4 members (excludes halogenated alkanes) is 1. The van der Waals surface area contributed by atoms with E-state index >= 15 is 0 Å². The lowest BCUT2D eigenvalue weighted by atomic mass is 10.1. The van der Waals surface area contributed by atoms with Crippen LogP contribution in [0.15, 0.2) is 6.20 Å². The van der Waals surface area contributed by atoms with Crippen LogP contribution in [0, 0.1) is 6.92 Å². The molecule has 1 aromatic heterocycles. The number of hydrogen-bond donors (Lipinski definition) is 1. The predicted octanol–water partition coefficient (Wildman–Crippen LogP) is 1.29. The zero-order valence-corrected chi connectivity index (χ0v) is 10.6. The van der Waals surface area contributed by atoms with Gasteiger partial charge in [0.05, 0.1) is 12.8 Å². The Balaban J connectivity index is 2.05. The summed E-state index contributed by atoms with van der Waals surface area (Å²) in [5.74, 6) is 0. The van der Waals surface area contributed by atoms with Crippen LogP contribution in [0.3, 0.4) is 0 Å². The quantitative estimate of drug-likeness (QED) is 0.678. The minimum atomic E-state index is 0.793. The first-order chi connectivity index (χ1) is 7.75. The second-order valence-corrected chi connectivity index (χ2v) is 4.08. The third-order valence-electron chi connectivity index (χ3n) is 2.87.